The lowest BCUT2D eigenvalue weighted by Crippen LogP contribution is -2.60. The Morgan fingerprint density at radius 2 is 1.81 bits per heavy atom. The van der Waals surface area contributed by atoms with Crippen LogP contribution in [0.5, 0.6) is 11.5 Å². The number of rotatable bonds is 6. The number of aliphatic hydroxyl groups excluding tert-OH is 2. The van der Waals surface area contributed by atoms with Crippen LogP contribution in [-0.2, 0) is 25.4 Å². The third-order valence-corrected chi connectivity index (χ3v) is 10.6. The first-order chi connectivity index (χ1) is 22.5. The van der Waals surface area contributed by atoms with Crippen LogP contribution in [-0.4, -0.2) is 113 Å². The summed E-state index contributed by atoms with van der Waals surface area (Å²) in [6.45, 7) is 14.9. The van der Waals surface area contributed by atoms with Crippen LogP contribution in [0.15, 0.2) is 18.2 Å². The fraction of sp³-hybridized carbons (Fsp3) is 0.806. The Bertz CT molecular complexity index is 1210. The van der Waals surface area contributed by atoms with Gasteiger partial charge in [0.2, 0.25) is 0 Å². The first-order valence-corrected chi connectivity index (χ1v) is 17.6. The summed E-state index contributed by atoms with van der Waals surface area (Å²) in [6, 6.07) is 5.02. The first-order valence-electron chi connectivity index (χ1n) is 17.6. The third kappa shape index (κ3) is 8.63. The van der Waals surface area contributed by atoms with Crippen molar-refractivity contribution >= 4 is 5.97 Å². The minimum atomic E-state index is -1.76. The summed E-state index contributed by atoms with van der Waals surface area (Å²) >= 11 is 0. The molecule has 0 aromatic heterocycles. The van der Waals surface area contributed by atoms with Crippen LogP contribution in [0.1, 0.15) is 80.2 Å². The van der Waals surface area contributed by atoms with Gasteiger partial charge in [-0.15, -0.1) is 0 Å². The van der Waals surface area contributed by atoms with Gasteiger partial charge in [-0.05, 0) is 91.6 Å². The number of aliphatic hydroxyl groups is 4. The normalized spacial score (nSPS) is 43.3. The molecular weight excluding hydrogens is 620 g/mol. The number of carbonyl (C=O) groups excluding carboxylic acids is 1. The van der Waals surface area contributed by atoms with Gasteiger partial charge in [0.1, 0.15) is 29.3 Å². The second-order valence-corrected chi connectivity index (χ2v) is 15.0. The van der Waals surface area contributed by atoms with Gasteiger partial charge in [-0.1, -0.05) is 20.8 Å². The molecule has 1 aromatic rings. The number of cyclic esters (lactones) is 1. The predicted octanol–water partition coefficient (Wildman–Crippen LogP) is 2.31. The van der Waals surface area contributed by atoms with Crippen molar-refractivity contribution in [3.8, 4) is 11.5 Å². The predicted molar refractivity (Wildman–Crippen MR) is 180 cm³/mol. The van der Waals surface area contributed by atoms with Gasteiger partial charge in [-0.25, -0.2) is 0 Å². The van der Waals surface area contributed by atoms with Crippen LogP contribution in [0.2, 0.25) is 0 Å². The summed E-state index contributed by atoms with van der Waals surface area (Å²) in [5.74, 6) is -1.17. The van der Waals surface area contributed by atoms with Crippen molar-refractivity contribution in [2.45, 2.75) is 147 Å². The van der Waals surface area contributed by atoms with Gasteiger partial charge in [0.05, 0.1) is 42.5 Å². The van der Waals surface area contributed by atoms with Gasteiger partial charge in [-0.2, -0.15) is 0 Å². The molecule has 1 aromatic carbocycles. The molecule has 3 aliphatic rings. The molecule has 3 heterocycles. The fourth-order valence-corrected chi connectivity index (χ4v) is 7.67. The number of hydrogen-bond donors (Lipinski definition) is 6. The Morgan fingerprint density at radius 1 is 1.10 bits per heavy atom. The average Bonchev–Trinajstić information content (AvgIpc) is 3.51. The molecule has 4 rings (SSSR count). The Balaban J connectivity index is 1.68. The molecule has 0 radical (unpaired) electrons. The molecule has 0 bridgehead atoms. The van der Waals surface area contributed by atoms with E-state index >= 15 is 0 Å². The molecule has 0 saturated carbocycles. The number of esters is 1. The van der Waals surface area contributed by atoms with Crippen LogP contribution < -0.4 is 20.1 Å². The maximum atomic E-state index is 13.5. The van der Waals surface area contributed by atoms with Crippen LogP contribution in [0, 0.1) is 17.8 Å². The van der Waals surface area contributed by atoms with Crippen molar-refractivity contribution < 1.29 is 48.9 Å². The van der Waals surface area contributed by atoms with Crippen molar-refractivity contribution in [1.82, 2.24) is 10.6 Å². The molecule has 6 N–H and O–H groups in total. The number of likely N-dealkylation sites (N-methyl/N-ethyl adjacent to an activating group) is 1. The fourth-order valence-electron chi connectivity index (χ4n) is 7.67. The number of carbonyl (C=O) groups is 1. The topological polar surface area (TPSA) is 168 Å². The zero-order valence-corrected chi connectivity index (χ0v) is 30.1. The molecule has 3 aliphatic heterocycles. The maximum absolute atomic E-state index is 13.5. The van der Waals surface area contributed by atoms with Crippen LogP contribution in [0.3, 0.4) is 0 Å². The summed E-state index contributed by atoms with van der Waals surface area (Å²) in [4.78, 5) is 13.5. The number of fused-ring (bicyclic) bond motifs is 1. The Morgan fingerprint density at radius 3 is 2.48 bits per heavy atom. The second-order valence-electron chi connectivity index (χ2n) is 15.0. The van der Waals surface area contributed by atoms with Crippen LogP contribution in [0.4, 0.5) is 0 Å². The molecule has 12 nitrogen and oxygen atoms in total. The number of nitrogens with one attached hydrogen (secondary N) is 2. The number of benzene rings is 1. The molecule has 0 amide bonds. The van der Waals surface area contributed by atoms with E-state index in [0.29, 0.717) is 25.3 Å². The van der Waals surface area contributed by atoms with E-state index in [9.17, 15) is 25.2 Å². The quantitative estimate of drug-likeness (QED) is 0.243. The monoisotopic (exact) mass is 680 g/mol. The van der Waals surface area contributed by atoms with Gasteiger partial charge in [0.15, 0.2) is 12.4 Å². The van der Waals surface area contributed by atoms with Gasteiger partial charge in [0, 0.05) is 23.9 Å². The molecule has 0 aliphatic carbocycles. The van der Waals surface area contributed by atoms with Crippen molar-refractivity contribution in [3.63, 3.8) is 0 Å². The highest BCUT2D eigenvalue weighted by Crippen LogP contribution is 2.37. The lowest BCUT2D eigenvalue weighted by atomic mass is 9.78. The molecule has 48 heavy (non-hydrogen) atoms. The second kappa shape index (κ2) is 15.9. The molecule has 0 spiro atoms. The van der Waals surface area contributed by atoms with Gasteiger partial charge >= 0.3 is 5.97 Å². The highest BCUT2D eigenvalue weighted by atomic mass is 16.7. The average molecular weight is 681 g/mol. The highest BCUT2D eigenvalue weighted by molar-refractivity contribution is 5.73. The Hall–Kier alpha value is -2.03. The standard InChI is InChI=1S/C36H60N2O10/c1-10-28-36(8,43)31(40)23(6)38-18-19(2)17-35(7,42)32(21(4)29(39)22(5)33(41)47-28)48-34-30(26(37-9)15-20(3)45-34)46-25-11-12-27-24(16-25)13-14-44-27/h11-12,16,19-23,26,28-32,34,37-40,42-43H,10,13-15,17-18H2,1-9H3/t19-,20-,21+,22-,23-,26+,28-,29+,30-,31-,32-,34+,35-,36-/m1/s1. The zero-order chi connectivity index (χ0) is 35.6. The minimum absolute atomic E-state index is 0.116. The molecule has 12 heteroatoms. The van der Waals surface area contributed by atoms with E-state index in [1.165, 1.54) is 6.92 Å². The maximum Gasteiger partial charge on any atom is 0.311 e. The third-order valence-electron chi connectivity index (χ3n) is 10.6. The molecule has 0 unspecified atom stereocenters. The lowest BCUT2D eigenvalue weighted by molar-refractivity contribution is -0.290. The van der Waals surface area contributed by atoms with E-state index in [0.717, 1.165) is 17.7 Å². The lowest BCUT2D eigenvalue weighted by Gasteiger charge is -2.46. The smallest absolute Gasteiger partial charge is 0.311 e. The van der Waals surface area contributed by atoms with Gasteiger partial charge in [0.25, 0.3) is 0 Å². The van der Waals surface area contributed by atoms with Gasteiger partial charge in [-0.3, -0.25) is 4.79 Å². The van der Waals surface area contributed by atoms with Gasteiger partial charge < -0.3 is 54.7 Å². The Labute approximate surface area is 285 Å². The van der Waals surface area contributed by atoms with E-state index in [-0.39, 0.29) is 30.9 Å². The molecule has 274 valence electrons. The van der Waals surface area contributed by atoms with Crippen LogP contribution >= 0.6 is 0 Å². The number of hydrogen-bond acceptors (Lipinski definition) is 12. The largest absolute Gasteiger partial charge is 0.493 e. The summed E-state index contributed by atoms with van der Waals surface area (Å²) in [6.07, 6.45) is -4.37. The van der Waals surface area contributed by atoms with E-state index in [1.54, 1.807) is 34.6 Å². The minimum Gasteiger partial charge on any atom is -0.493 e. The van der Waals surface area contributed by atoms with Crippen molar-refractivity contribution in [2.75, 3.05) is 20.2 Å². The first kappa shape index (κ1) is 38.8. The molecule has 2 fully saturated rings. The van der Waals surface area contributed by atoms with E-state index in [1.807, 2.05) is 39.1 Å². The van der Waals surface area contributed by atoms with E-state index < -0.39 is 71.9 Å². The van der Waals surface area contributed by atoms with Crippen molar-refractivity contribution in [3.05, 3.63) is 23.8 Å². The summed E-state index contributed by atoms with van der Waals surface area (Å²) in [5, 5.41) is 53.0. The van der Waals surface area contributed by atoms with Crippen molar-refractivity contribution in [2.24, 2.45) is 17.8 Å². The molecule has 14 atom stereocenters. The molecule has 2 saturated heterocycles. The van der Waals surface area contributed by atoms with E-state index in [2.05, 4.69) is 10.6 Å². The van der Waals surface area contributed by atoms with E-state index in [4.69, 9.17) is 23.7 Å². The summed E-state index contributed by atoms with van der Waals surface area (Å²) < 4.78 is 31.2. The summed E-state index contributed by atoms with van der Waals surface area (Å²) in [7, 11) is 1.86. The summed E-state index contributed by atoms with van der Waals surface area (Å²) in [5.41, 5.74) is -2.19. The molecular formula is C36H60N2O10. The Kier molecular flexibility index (Phi) is 12.8. The number of ether oxygens (including phenoxy) is 5. The van der Waals surface area contributed by atoms with Crippen molar-refractivity contribution in [1.29, 1.82) is 0 Å². The highest BCUT2D eigenvalue weighted by Gasteiger charge is 2.49. The van der Waals surface area contributed by atoms with Crippen LogP contribution in [0.25, 0.3) is 0 Å². The SMILES string of the molecule is CC[C@H]1OC(=O)[C@H](C)[C@@H](O)[C@H](C)[C@@H](O[C@@H]2O[C@H](C)C[C@H](NC)[C@H]2Oc2ccc3c(c2)CCO3)[C@](C)(O)C[C@@H](C)CN[C@H](C)[C@@H](O)[C@]1(C)O. The zero-order valence-electron chi connectivity index (χ0n) is 30.1.